The SMILES string of the molecule is CSC(C)CCNc1cc(N)ccc1C(=O)O. The summed E-state index contributed by atoms with van der Waals surface area (Å²) in [6, 6.07) is 4.78. The number of carbonyl (C=O) groups is 1. The summed E-state index contributed by atoms with van der Waals surface area (Å²) in [4.78, 5) is 11.0. The van der Waals surface area contributed by atoms with Gasteiger partial charge in [0.1, 0.15) is 0 Å². The van der Waals surface area contributed by atoms with Crippen molar-refractivity contribution in [2.75, 3.05) is 23.9 Å². The Balaban J connectivity index is 2.68. The molecule has 0 aromatic heterocycles. The standard InChI is InChI=1S/C12H18N2O2S/c1-8(17-2)5-6-14-11-7-9(13)3-4-10(11)12(15)16/h3-4,7-8,14H,5-6,13H2,1-2H3,(H,15,16). The number of anilines is 2. The molecule has 1 aromatic rings. The molecule has 0 aliphatic heterocycles. The molecule has 0 radical (unpaired) electrons. The first-order valence-corrected chi connectivity index (χ1v) is 6.73. The highest BCUT2D eigenvalue weighted by Crippen LogP contribution is 2.20. The molecule has 1 atom stereocenters. The summed E-state index contributed by atoms with van der Waals surface area (Å²) in [7, 11) is 0. The van der Waals surface area contributed by atoms with E-state index in [2.05, 4.69) is 18.5 Å². The van der Waals surface area contributed by atoms with Crippen molar-refractivity contribution in [2.45, 2.75) is 18.6 Å². The number of nitrogens with two attached hydrogens (primary N) is 1. The van der Waals surface area contributed by atoms with Gasteiger partial charge in [-0.15, -0.1) is 0 Å². The molecule has 1 rings (SSSR count). The van der Waals surface area contributed by atoms with Gasteiger partial charge < -0.3 is 16.2 Å². The van der Waals surface area contributed by atoms with Gasteiger partial charge in [-0.05, 0) is 30.9 Å². The fourth-order valence-electron chi connectivity index (χ4n) is 1.42. The largest absolute Gasteiger partial charge is 0.478 e. The Morgan fingerprint density at radius 2 is 2.29 bits per heavy atom. The maximum Gasteiger partial charge on any atom is 0.337 e. The van der Waals surface area contributed by atoms with Crippen LogP contribution >= 0.6 is 11.8 Å². The number of aromatic carboxylic acids is 1. The lowest BCUT2D eigenvalue weighted by Crippen LogP contribution is -2.11. The molecule has 1 aromatic carbocycles. The summed E-state index contributed by atoms with van der Waals surface area (Å²) in [5, 5.41) is 12.7. The van der Waals surface area contributed by atoms with Crippen LogP contribution in [0.3, 0.4) is 0 Å². The molecule has 0 amide bonds. The zero-order chi connectivity index (χ0) is 12.8. The fourth-order valence-corrected chi connectivity index (χ4v) is 1.78. The van der Waals surface area contributed by atoms with Crippen LogP contribution in [0.5, 0.6) is 0 Å². The van der Waals surface area contributed by atoms with Crippen LogP contribution in [0.25, 0.3) is 0 Å². The number of carboxylic acid groups (broad SMARTS) is 1. The molecule has 0 aliphatic carbocycles. The summed E-state index contributed by atoms with van der Waals surface area (Å²) < 4.78 is 0. The van der Waals surface area contributed by atoms with Gasteiger partial charge in [0.25, 0.3) is 0 Å². The Kier molecular flexibility index (Phi) is 5.15. The Morgan fingerprint density at radius 3 is 2.88 bits per heavy atom. The maximum absolute atomic E-state index is 11.0. The normalized spacial score (nSPS) is 12.1. The molecular formula is C12H18N2O2S. The molecule has 0 aliphatic rings. The second kappa shape index (κ2) is 6.39. The van der Waals surface area contributed by atoms with E-state index in [4.69, 9.17) is 10.8 Å². The lowest BCUT2D eigenvalue weighted by Gasteiger charge is -2.12. The second-order valence-electron chi connectivity index (χ2n) is 3.87. The molecule has 0 heterocycles. The molecular weight excluding hydrogens is 236 g/mol. The predicted octanol–water partition coefficient (Wildman–Crippen LogP) is 2.52. The van der Waals surface area contributed by atoms with E-state index in [-0.39, 0.29) is 5.56 Å². The van der Waals surface area contributed by atoms with Crippen molar-refractivity contribution in [2.24, 2.45) is 0 Å². The van der Waals surface area contributed by atoms with E-state index in [0.29, 0.717) is 16.6 Å². The molecule has 94 valence electrons. The summed E-state index contributed by atoms with van der Waals surface area (Å²) in [6.07, 6.45) is 3.04. The smallest absolute Gasteiger partial charge is 0.337 e. The number of hydrogen-bond donors (Lipinski definition) is 3. The fraction of sp³-hybridized carbons (Fsp3) is 0.417. The molecule has 0 bridgehead atoms. The number of carboxylic acids is 1. The van der Waals surface area contributed by atoms with Crippen LogP contribution in [-0.2, 0) is 0 Å². The van der Waals surface area contributed by atoms with Gasteiger partial charge in [0.2, 0.25) is 0 Å². The second-order valence-corrected chi connectivity index (χ2v) is 5.15. The Labute approximate surface area is 106 Å². The molecule has 0 saturated heterocycles. The minimum atomic E-state index is -0.939. The van der Waals surface area contributed by atoms with Crippen molar-refractivity contribution in [3.8, 4) is 0 Å². The van der Waals surface area contributed by atoms with Crippen molar-refractivity contribution in [3.63, 3.8) is 0 Å². The van der Waals surface area contributed by atoms with Crippen LogP contribution in [0.15, 0.2) is 18.2 Å². The van der Waals surface area contributed by atoms with Crippen molar-refractivity contribution >= 4 is 29.1 Å². The quantitative estimate of drug-likeness (QED) is 0.680. The van der Waals surface area contributed by atoms with Gasteiger partial charge in [-0.25, -0.2) is 4.79 Å². The number of rotatable bonds is 6. The average Bonchev–Trinajstić information content (AvgIpc) is 2.28. The van der Waals surface area contributed by atoms with Crippen molar-refractivity contribution in [1.29, 1.82) is 0 Å². The Morgan fingerprint density at radius 1 is 1.59 bits per heavy atom. The number of hydrogen-bond acceptors (Lipinski definition) is 4. The molecule has 0 spiro atoms. The number of nitrogen functional groups attached to an aromatic ring is 1. The van der Waals surface area contributed by atoms with E-state index in [1.165, 1.54) is 6.07 Å². The Hall–Kier alpha value is -1.36. The lowest BCUT2D eigenvalue weighted by molar-refractivity contribution is 0.0698. The first kappa shape index (κ1) is 13.7. The summed E-state index contributed by atoms with van der Waals surface area (Å²) in [5.41, 5.74) is 7.06. The van der Waals surface area contributed by atoms with Crippen molar-refractivity contribution in [1.82, 2.24) is 0 Å². The van der Waals surface area contributed by atoms with E-state index in [1.807, 2.05) is 0 Å². The van der Waals surface area contributed by atoms with Crippen LogP contribution in [0, 0.1) is 0 Å². The van der Waals surface area contributed by atoms with Gasteiger partial charge in [-0.1, -0.05) is 6.92 Å². The molecule has 4 nitrogen and oxygen atoms in total. The first-order valence-electron chi connectivity index (χ1n) is 5.44. The van der Waals surface area contributed by atoms with E-state index in [9.17, 15) is 4.79 Å². The molecule has 1 unspecified atom stereocenters. The van der Waals surface area contributed by atoms with Crippen LogP contribution in [0.4, 0.5) is 11.4 Å². The van der Waals surface area contributed by atoms with Gasteiger partial charge in [-0.2, -0.15) is 11.8 Å². The highest BCUT2D eigenvalue weighted by molar-refractivity contribution is 7.99. The van der Waals surface area contributed by atoms with Gasteiger partial charge in [0, 0.05) is 17.5 Å². The molecule has 17 heavy (non-hydrogen) atoms. The first-order chi connectivity index (χ1) is 8.04. The predicted molar refractivity (Wildman–Crippen MR) is 73.9 cm³/mol. The van der Waals surface area contributed by atoms with Gasteiger partial charge in [0.05, 0.1) is 11.3 Å². The van der Waals surface area contributed by atoms with E-state index < -0.39 is 5.97 Å². The molecule has 4 N–H and O–H groups in total. The zero-order valence-corrected chi connectivity index (χ0v) is 10.9. The molecule has 0 fully saturated rings. The van der Waals surface area contributed by atoms with Crippen LogP contribution in [0.2, 0.25) is 0 Å². The number of nitrogens with one attached hydrogen (secondary N) is 1. The highest BCUT2D eigenvalue weighted by Gasteiger charge is 2.10. The van der Waals surface area contributed by atoms with E-state index in [0.717, 1.165) is 13.0 Å². The summed E-state index contributed by atoms with van der Waals surface area (Å²) in [6.45, 7) is 2.88. The van der Waals surface area contributed by atoms with Crippen molar-refractivity contribution < 1.29 is 9.90 Å². The molecule has 5 heteroatoms. The Bertz CT molecular complexity index is 396. The number of thioether (sulfide) groups is 1. The van der Waals surface area contributed by atoms with Crippen LogP contribution in [-0.4, -0.2) is 29.1 Å². The van der Waals surface area contributed by atoms with E-state index >= 15 is 0 Å². The molecule has 0 saturated carbocycles. The monoisotopic (exact) mass is 254 g/mol. The van der Waals surface area contributed by atoms with Gasteiger partial charge in [-0.3, -0.25) is 0 Å². The van der Waals surface area contributed by atoms with Crippen LogP contribution in [0.1, 0.15) is 23.7 Å². The lowest BCUT2D eigenvalue weighted by atomic mass is 10.1. The minimum absolute atomic E-state index is 0.260. The van der Waals surface area contributed by atoms with Gasteiger partial charge >= 0.3 is 5.97 Å². The van der Waals surface area contributed by atoms with E-state index in [1.54, 1.807) is 23.9 Å². The maximum atomic E-state index is 11.0. The third kappa shape index (κ3) is 4.19. The zero-order valence-electron chi connectivity index (χ0n) is 10.1. The highest BCUT2D eigenvalue weighted by atomic mass is 32.2. The average molecular weight is 254 g/mol. The third-order valence-corrected chi connectivity index (χ3v) is 3.58. The third-order valence-electron chi connectivity index (χ3n) is 2.54. The summed E-state index contributed by atoms with van der Waals surface area (Å²) >= 11 is 1.79. The van der Waals surface area contributed by atoms with Crippen molar-refractivity contribution in [3.05, 3.63) is 23.8 Å². The topological polar surface area (TPSA) is 75.3 Å². The summed E-state index contributed by atoms with van der Waals surface area (Å²) in [5.74, 6) is -0.939. The minimum Gasteiger partial charge on any atom is -0.478 e. The number of benzene rings is 1. The van der Waals surface area contributed by atoms with Gasteiger partial charge in [0.15, 0.2) is 0 Å². The van der Waals surface area contributed by atoms with Crippen LogP contribution < -0.4 is 11.1 Å².